The average Bonchev–Trinajstić information content (AvgIpc) is 2.56. The van der Waals surface area contributed by atoms with Crippen LogP contribution in [-0.2, 0) is 9.53 Å². The minimum atomic E-state index is -0.264. The number of nitrogens with zero attached hydrogens (tertiary/aromatic N) is 1. The molecule has 124 valence electrons. The van der Waals surface area contributed by atoms with Gasteiger partial charge in [0.2, 0.25) is 5.91 Å². The summed E-state index contributed by atoms with van der Waals surface area (Å²) in [5.74, 6) is -0.419. The topological polar surface area (TPSA) is 41.6 Å². The highest BCUT2D eigenvalue weighted by atomic mass is 19.1. The summed E-state index contributed by atoms with van der Waals surface area (Å²) in [6, 6.07) is 6.49. The van der Waals surface area contributed by atoms with Crippen LogP contribution in [0.15, 0.2) is 48.6 Å². The molecule has 1 aromatic carbocycles. The van der Waals surface area contributed by atoms with Crippen LogP contribution in [0.2, 0.25) is 0 Å². The van der Waals surface area contributed by atoms with Crippen molar-refractivity contribution in [3.05, 3.63) is 60.0 Å². The van der Waals surface area contributed by atoms with E-state index in [4.69, 9.17) is 4.74 Å². The number of benzene rings is 1. The summed E-state index contributed by atoms with van der Waals surface area (Å²) in [4.78, 5) is 14.1. The second kappa shape index (κ2) is 9.22. The van der Waals surface area contributed by atoms with Crippen LogP contribution in [0.5, 0.6) is 0 Å². The summed E-state index contributed by atoms with van der Waals surface area (Å²) in [6.45, 7) is 5.17. The molecular weight excluding hydrogens is 295 g/mol. The summed E-state index contributed by atoms with van der Waals surface area (Å²) >= 11 is 0. The third-order valence-corrected chi connectivity index (χ3v) is 3.74. The molecule has 23 heavy (non-hydrogen) atoms. The predicted octanol–water partition coefficient (Wildman–Crippen LogP) is 2.45. The van der Waals surface area contributed by atoms with Crippen molar-refractivity contribution in [1.29, 1.82) is 0 Å². The maximum atomic E-state index is 13.5. The van der Waals surface area contributed by atoms with Gasteiger partial charge in [-0.05, 0) is 24.6 Å². The molecule has 0 spiro atoms. The van der Waals surface area contributed by atoms with Crippen molar-refractivity contribution in [2.24, 2.45) is 0 Å². The predicted molar refractivity (Wildman–Crippen MR) is 88.5 cm³/mol. The third kappa shape index (κ3) is 5.62. The Morgan fingerprint density at radius 2 is 2.17 bits per heavy atom. The van der Waals surface area contributed by atoms with E-state index in [2.05, 4.69) is 10.2 Å². The molecule has 0 bridgehead atoms. The molecule has 1 aromatic rings. The van der Waals surface area contributed by atoms with E-state index in [0.717, 1.165) is 18.7 Å². The summed E-state index contributed by atoms with van der Waals surface area (Å²) in [5.41, 5.74) is 0.865. The maximum Gasteiger partial charge on any atom is 0.244 e. The number of hydrogen-bond acceptors (Lipinski definition) is 3. The Hall–Kier alpha value is -1.98. The number of hydrogen-bond donors (Lipinski definition) is 1. The molecule has 1 N–H and O–H groups in total. The SMILES string of the molecule is C/C=C/C=C/C(=O)NC[C@@H](c1cccc(F)c1)N1CCOCC1. The van der Waals surface area contributed by atoms with Crippen molar-refractivity contribution in [2.75, 3.05) is 32.8 Å². The number of halogens is 1. The van der Waals surface area contributed by atoms with Crippen LogP contribution in [-0.4, -0.2) is 43.7 Å². The van der Waals surface area contributed by atoms with Crippen LogP contribution >= 0.6 is 0 Å². The van der Waals surface area contributed by atoms with Crippen LogP contribution < -0.4 is 5.32 Å². The highest BCUT2D eigenvalue weighted by molar-refractivity contribution is 5.87. The molecule has 1 saturated heterocycles. The van der Waals surface area contributed by atoms with Crippen molar-refractivity contribution in [1.82, 2.24) is 10.2 Å². The van der Waals surface area contributed by atoms with Crippen molar-refractivity contribution in [3.63, 3.8) is 0 Å². The fourth-order valence-electron chi connectivity index (χ4n) is 2.57. The number of rotatable bonds is 6. The normalized spacial score (nSPS) is 17.7. The molecule has 1 fully saturated rings. The van der Waals surface area contributed by atoms with Gasteiger partial charge in [0.25, 0.3) is 0 Å². The largest absolute Gasteiger partial charge is 0.379 e. The Morgan fingerprint density at radius 1 is 1.39 bits per heavy atom. The molecule has 0 aromatic heterocycles. The fraction of sp³-hybridized carbons (Fsp3) is 0.389. The molecule has 0 unspecified atom stereocenters. The number of amides is 1. The van der Waals surface area contributed by atoms with Gasteiger partial charge in [0.1, 0.15) is 5.82 Å². The molecule has 1 heterocycles. The summed E-state index contributed by atoms with van der Waals surface area (Å²) < 4.78 is 18.9. The standard InChI is InChI=1S/C18H23FN2O2/c1-2-3-4-8-18(22)20-14-17(21-9-11-23-12-10-21)15-6-5-7-16(19)13-15/h2-8,13,17H,9-12,14H2,1H3,(H,20,22)/b3-2+,8-4+/t17-/m0/s1. The first kappa shape index (κ1) is 17.4. The Balaban J connectivity index is 2.05. The van der Waals surface area contributed by atoms with E-state index in [0.29, 0.717) is 19.8 Å². The first-order valence-corrected chi connectivity index (χ1v) is 7.85. The quantitative estimate of drug-likeness (QED) is 0.647. The summed E-state index contributed by atoms with van der Waals surface area (Å²) in [7, 11) is 0. The monoisotopic (exact) mass is 318 g/mol. The molecular formula is C18H23FN2O2. The summed E-state index contributed by atoms with van der Waals surface area (Å²) in [6.07, 6.45) is 6.84. The minimum absolute atomic E-state index is 0.0614. The fourth-order valence-corrected chi connectivity index (χ4v) is 2.57. The van der Waals surface area contributed by atoms with Crippen molar-refractivity contribution < 1.29 is 13.9 Å². The number of allylic oxidation sites excluding steroid dienone is 3. The van der Waals surface area contributed by atoms with E-state index in [1.54, 1.807) is 18.2 Å². The molecule has 0 aliphatic carbocycles. The van der Waals surface area contributed by atoms with Crippen molar-refractivity contribution >= 4 is 5.91 Å². The lowest BCUT2D eigenvalue weighted by molar-refractivity contribution is -0.116. The van der Waals surface area contributed by atoms with Gasteiger partial charge in [-0.2, -0.15) is 0 Å². The Labute approximate surface area is 136 Å². The zero-order chi connectivity index (χ0) is 16.5. The van der Waals surface area contributed by atoms with Gasteiger partial charge in [-0.1, -0.05) is 30.4 Å². The Morgan fingerprint density at radius 3 is 2.87 bits per heavy atom. The molecule has 0 saturated carbocycles. The van der Waals surface area contributed by atoms with Crippen LogP contribution in [0.1, 0.15) is 18.5 Å². The minimum Gasteiger partial charge on any atom is -0.379 e. The van der Waals surface area contributed by atoms with Gasteiger partial charge >= 0.3 is 0 Å². The van der Waals surface area contributed by atoms with E-state index in [9.17, 15) is 9.18 Å². The molecule has 1 atom stereocenters. The van der Waals surface area contributed by atoms with E-state index >= 15 is 0 Å². The van der Waals surface area contributed by atoms with Gasteiger partial charge < -0.3 is 10.1 Å². The maximum absolute atomic E-state index is 13.5. The molecule has 1 amide bonds. The second-order valence-corrected chi connectivity index (χ2v) is 5.35. The van der Waals surface area contributed by atoms with E-state index < -0.39 is 0 Å². The molecule has 0 radical (unpaired) electrons. The molecule has 5 heteroatoms. The zero-order valence-corrected chi connectivity index (χ0v) is 13.4. The number of nitrogens with one attached hydrogen (secondary N) is 1. The lowest BCUT2D eigenvalue weighted by Gasteiger charge is -2.34. The van der Waals surface area contributed by atoms with Crippen molar-refractivity contribution in [3.8, 4) is 0 Å². The van der Waals surface area contributed by atoms with E-state index in [1.807, 2.05) is 19.1 Å². The Kier molecular flexibility index (Phi) is 6.97. The van der Waals surface area contributed by atoms with Gasteiger partial charge in [-0.25, -0.2) is 4.39 Å². The average molecular weight is 318 g/mol. The highest BCUT2D eigenvalue weighted by Crippen LogP contribution is 2.22. The van der Waals surface area contributed by atoms with Gasteiger partial charge in [0.05, 0.1) is 19.3 Å². The van der Waals surface area contributed by atoms with E-state index in [-0.39, 0.29) is 17.8 Å². The molecule has 1 aliphatic heterocycles. The van der Waals surface area contributed by atoms with Crippen LogP contribution in [0, 0.1) is 5.82 Å². The first-order valence-electron chi connectivity index (χ1n) is 7.85. The number of ether oxygens (including phenoxy) is 1. The van der Waals surface area contributed by atoms with Gasteiger partial charge in [0, 0.05) is 25.7 Å². The molecule has 4 nitrogen and oxygen atoms in total. The third-order valence-electron chi connectivity index (χ3n) is 3.74. The zero-order valence-electron chi connectivity index (χ0n) is 13.4. The first-order chi connectivity index (χ1) is 11.2. The van der Waals surface area contributed by atoms with Crippen LogP contribution in [0.25, 0.3) is 0 Å². The van der Waals surface area contributed by atoms with Crippen molar-refractivity contribution in [2.45, 2.75) is 13.0 Å². The second-order valence-electron chi connectivity index (χ2n) is 5.35. The smallest absolute Gasteiger partial charge is 0.244 e. The van der Waals surface area contributed by atoms with Crippen LogP contribution in [0.3, 0.4) is 0 Å². The van der Waals surface area contributed by atoms with Gasteiger partial charge in [-0.15, -0.1) is 0 Å². The lowest BCUT2D eigenvalue weighted by Crippen LogP contribution is -2.43. The molecule has 2 rings (SSSR count). The number of carbonyl (C=O) groups excluding carboxylic acids is 1. The van der Waals surface area contributed by atoms with Gasteiger partial charge in [0.15, 0.2) is 0 Å². The lowest BCUT2D eigenvalue weighted by atomic mass is 10.0. The van der Waals surface area contributed by atoms with E-state index in [1.165, 1.54) is 18.2 Å². The molecule has 1 aliphatic rings. The number of morpholine rings is 1. The van der Waals surface area contributed by atoms with Crippen LogP contribution in [0.4, 0.5) is 4.39 Å². The summed E-state index contributed by atoms with van der Waals surface area (Å²) in [5, 5.41) is 2.89. The number of carbonyl (C=O) groups is 1. The van der Waals surface area contributed by atoms with Gasteiger partial charge in [-0.3, -0.25) is 9.69 Å². The Bertz CT molecular complexity index is 566. The highest BCUT2D eigenvalue weighted by Gasteiger charge is 2.23.